The van der Waals surface area contributed by atoms with Gasteiger partial charge in [-0.1, -0.05) is 214 Å². The van der Waals surface area contributed by atoms with E-state index >= 15 is 0 Å². The van der Waals surface area contributed by atoms with Crippen LogP contribution in [0, 0.1) is 0 Å². The first-order chi connectivity index (χ1) is 27.6. The lowest BCUT2D eigenvalue weighted by Gasteiger charge is -2.11. The van der Waals surface area contributed by atoms with Crippen LogP contribution < -0.4 is 0 Å². The lowest BCUT2D eigenvalue weighted by Crippen LogP contribution is -2.12. The van der Waals surface area contributed by atoms with E-state index in [9.17, 15) is 0 Å². The van der Waals surface area contributed by atoms with Crippen molar-refractivity contribution in [2.45, 2.75) is 247 Å². The van der Waals surface area contributed by atoms with E-state index in [0.29, 0.717) is 0 Å². The zero-order valence-electron chi connectivity index (χ0n) is 38.1. The molecule has 0 aliphatic rings. The minimum atomic E-state index is 0.973. The highest BCUT2D eigenvalue weighted by Crippen LogP contribution is 2.24. The maximum atomic E-state index is 5.43. The van der Waals surface area contributed by atoms with Gasteiger partial charge in [-0.3, -0.25) is 4.99 Å². The van der Waals surface area contributed by atoms with E-state index in [1.807, 2.05) is 0 Å². The van der Waals surface area contributed by atoms with Crippen LogP contribution in [0.4, 0.5) is 11.4 Å². The molecule has 0 saturated heterocycles. The van der Waals surface area contributed by atoms with Gasteiger partial charge < -0.3 is 0 Å². The Kier molecular flexibility index (Phi) is 30.6. The van der Waals surface area contributed by atoms with Gasteiger partial charge in [-0.25, -0.2) is 4.99 Å². The average Bonchev–Trinajstić information content (AvgIpc) is 3.22. The van der Waals surface area contributed by atoms with Crippen molar-refractivity contribution in [1.82, 2.24) is 0 Å². The summed E-state index contributed by atoms with van der Waals surface area (Å²) in [6.45, 7) is 13.6. The quantitative estimate of drug-likeness (QED) is 0.0487. The summed E-state index contributed by atoms with van der Waals surface area (Å²) in [5.41, 5.74) is 9.86. The molecule has 0 amide bonds. The van der Waals surface area contributed by atoms with Gasteiger partial charge in [0.25, 0.3) is 0 Å². The first-order valence-electron chi connectivity index (χ1n) is 24.6. The lowest BCUT2D eigenvalue weighted by molar-refractivity contribution is 0.522. The number of aryl methyl sites for hydroxylation is 4. The summed E-state index contributed by atoms with van der Waals surface area (Å²) in [6, 6.07) is 13.9. The second-order valence-electron chi connectivity index (χ2n) is 16.9. The van der Waals surface area contributed by atoms with E-state index in [2.05, 4.69) is 90.1 Å². The average molecular weight is 767 g/mol. The summed E-state index contributed by atoms with van der Waals surface area (Å²) in [7, 11) is 0. The van der Waals surface area contributed by atoms with Crippen LogP contribution in [0.15, 0.2) is 58.5 Å². The van der Waals surface area contributed by atoms with Crippen molar-refractivity contribution in [3.05, 3.63) is 70.8 Å². The van der Waals surface area contributed by atoms with E-state index in [4.69, 9.17) is 9.98 Å². The smallest absolute Gasteiger partial charge is 0.0848 e. The van der Waals surface area contributed by atoms with Crippen molar-refractivity contribution in [3.8, 4) is 0 Å². The Hall–Kier alpha value is -2.48. The van der Waals surface area contributed by atoms with Gasteiger partial charge in [0.15, 0.2) is 0 Å². The van der Waals surface area contributed by atoms with Crippen molar-refractivity contribution in [3.63, 3.8) is 0 Å². The fraction of sp³-hybridized carbons (Fsp3) is 0.704. The third kappa shape index (κ3) is 24.3. The molecule has 2 aromatic rings. The van der Waals surface area contributed by atoms with Crippen LogP contribution in [0.1, 0.15) is 244 Å². The molecule has 0 fully saturated rings. The second-order valence-corrected chi connectivity index (χ2v) is 16.9. The molecule has 0 radical (unpaired) electrons. The SMILES string of the molecule is CCCCCCCCCCCCCCCCCCCCCCC=CC(=Nc1cc(CC)cc(CC)c1)C(CCCCCCCC)=Nc1cc(CC)cc(CC)c1. The van der Waals surface area contributed by atoms with Crippen molar-refractivity contribution in [2.24, 2.45) is 9.98 Å². The lowest BCUT2D eigenvalue weighted by atomic mass is 10.0. The summed E-state index contributed by atoms with van der Waals surface area (Å²) < 4.78 is 0. The van der Waals surface area contributed by atoms with E-state index < -0.39 is 0 Å². The van der Waals surface area contributed by atoms with Gasteiger partial charge >= 0.3 is 0 Å². The fourth-order valence-corrected chi connectivity index (χ4v) is 7.95. The number of hydrogen-bond acceptors (Lipinski definition) is 2. The molecule has 0 unspecified atom stereocenters. The highest BCUT2D eigenvalue weighted by Gasteiger charge is 2.11. The molecule has 0 bridgehead atoms. The van der Waals surface area contributed by atoms with Crippen molar-refractivity contribution < 1.29 is 0 Å². The molecule has 0 aliphatic carbocycles. The second kappa shape index (κ2) is 34.6. The van der Waals surface area contributed by atoms with Crippen molar-refractivity contribution in [2.75, 3.05) is 0 Å². The van der Waals surface area contributed by atoms with Gasteiger partial charge in [0.05, 0.1) is 22.8 Å². The Balaban J connectivity index is 1.92. The van der Waals surface area contributed by atoms with Gasteiger partial charge in [-0.2, -0.15) is 0 Å². The number of unbranched alkanes of at least 4 members (excludes halogenated alkanes) is 25. The van der Waals surface area contributed by atoms with Crippen LogP contribution in [0.25, 0.3) is 0 Å². The van der Waals surface area contributed by atoms with Gasteiger partial charge in [-0.15, -0.1) is 0 Å². The van der Waals surface area contributed by atoms with Crippen LogP contribution in [0.5, 0.6) is 0 Å². The van der Waals surface area contributed by atoms with E-state index in [1.165, 1.54) is 183 Å². The molecule has 2 aromatic carbocycles. The molecule has 2 heteroatoms. The van der Waals surface area contributed by atoms with Crippen LogP contribution in [0.3, 0.4) is 0 Å². The van der Waals surface area contributed by atoms with Gasteiger partial charge in [0.1, 0.15) is 0 Å². The molecule has 0 heterocycles. The summed E-state index contributed by atoms with van der Waals surface area (Å²) in [5, 5.41) is 0. The number of hydrogen-bond donors (Lipinski definition) is 0. The summed E-state index contributed by atoms with van der Waals surface area (Å²) in [4.78, 5) is 10.8. The first-order valence-corrected chi connectivity index (χ1v) is 24.6. The largest absolute Gasteiger partial charge is 0.251 e. The van der Waals surface area contributed by atoms with E-state index in [0.717, 1.165) is 67.7 Å². The van der Waals surface area contributed by atoms with Crippen LogP contribution in [-0.2, 0) is 25.7 Å². The standard InChI is InChI=1S/C54H90N2/c1-7-13-15-17-19-20-21-22-23-24-25-26-27-28-29-30-31-32-33-34-36-38-40-54(56-52-45-49(11-5)42-50(12-6)46-52)53(39-37-35-18-16-14-8-2)55-51-43-47(9-3)41-48(10-4)44-51/h38,40-46H,7-37,39H2,1-6H3. The third-order valence-corrected chi connectivity index (χ3v) is 11.8. The van der Waals surface area contributed by atoms with Crippen LogP contribution >= 0.6 is 0 Å². The molecule has 0 aliphatic heterocycles. The zero-order chi connectivity index (χ0) is 40.3. The first kappa shape index (κ1) is 49.7. The minimum absolute atomic E-state index is 0.973. The summed E-state index contributed by atoms with van der Waals surface area (Å²) in [6.07, 6.45) is 47.1. The molecule has 0 aromatic heterocycles. The van der Waals surface area contributed by atoms with E-state index in [-0.39, 0.29) is 0 Å². The van der Waals surface area contributed by atoms with E-state index in [1.54, 1.807) is 0 Å². The Labute approximate surface area is 349 Å². The van der Waals surface area contributed by atoms with Crippen LogP contribution in [0.2, 0.25) is 0 Å². The molecule has 0 spiro atoms. The maximum Gasteiger partial charge on any atom is 0.0848 e. The number of allylic oxidation sites excluding steroid dienone is 2. The number of nitrogens with zero attached hydrogens (tertiary/aromatic N) is 2. The summed E-state index contributed by atoms with van der Waals surface area (Å²) in [5.74, 6) is 0. The number of benzene rings is 2. The topological polar surface area (TPSA) is 24.7 Å². The molecule has 56 heavy (non-hydrogen) atoms. The number of rotatable bonds is 36. The van der Waals surface area contributed by atoms with Crippen LogP contribution in [-0.4, -0.2) is 11.4 Å². The summed E-state index contributed by atoms with van der Waals surface area (Å²) >= 11 is 0. The Morgan fingerprint density at radius 1 is 0.375 bits per heavy atom. The predicted molar refractivity (Wildman–Crippen MR) is 254 cm³/mol. The molecule has 0 N–H and O–H groups in total. The molecular weight excluding hydrogens is 677 g/mol. The van der Waals surface area contributed by atoms with Crippen molar-refractivity contribution in [1.29, 1.82) is 0 Å². The Morgan fingerprint density at radius 2 is 0.696 bits per heavy atom. The molecule has 316 valence electrons. The normalized spacial score (nSPS) is 12.4. The monoisotopic (exact) mass is 767 g/mol. The van der Waals surface area contributed by atoms with Gasteiger partial charge in [0, 0.05) is 0 Å². The minimum Gasteiger partial charge on any atom is -0.251 e. The Bertz CT molecular complexity index is 1290. The van der Waals surface area contributed by atoms with Gasteiger partial charge in [0.2, 0.25) is 0 Å². The zero-order valence-corrected chi connectivity index (χ0v) is 38.1. The highest BCUT2D eigenvalue weighted by atomic mass is 14.8. The predicted octanol–water partition coefficient (Wildman–Crippen LogP) is 18.3. The molecule has 0 saturated carbocycles. The third-order valence-electron chi connectivity index (χ3n) is 11.8. The Morgan fingerprint density at radius 3 is 1.05 bits per heavy atom. The molecular formula is C54H90N2. The molecule has 2 nitrogen and oxygen atoms in total. The highest BCUT2D eigenvalue weighted by molar-refractivity contribution is 6.47. The maximum absolute atomic E-state index is 5.43. The number of aliphatic imine (C=N–C) groups is 2. The molecule has 0 atom stereocenters. The fourth-order valence-electron chi connectivity index (χ4n) is 7.95. The van der Waals surface area contributed by atoms with Crippen molar-refractivity contribution >= 4 is 22.8 Å². The van der Waals surface area contributed by atoms with Gasteiger partial charge in [-0.05, 0) is 104 Å². The molecule has 2 rings (SSSR count).